The zero-order chi connectivity index (χ0) is 16.4. The van der Waals surface area contributed by atoms with Crippen molar-refractivity contribution in [2.75, 3.05) is 27.2 Å². The first-order chi connectivity index (χ1) is 10.6. The SMILES string of the molecule is CCCNC(=NC)NCCc1ccc(OC)c(OC(F)F)c1. The van der Waals surface area contributed by atoms with Gasteiger partial charge in [0.05, 0.1) is 7.11 Å². The minimum absolute atomic E-state index is 0.0449. The predicted molar refractivity (Wildman–Crippen MR) is 83.0 cm³/mol. The molecule has 5 nitrogen and oxygen atoms in total. The second kappa shape index (κ2) is 9.81. The van der Waals surface area contributed by atoms with Crippen LogP contribution in [0.25, 0.3) is 0 Å². The molecule has 0 radical (unpaired) electrons. The highest BCUT2D eigenvalue weighted by Gasteiger charge is 2.11. The van der Waals surface area contributed by atoms with E-state index in [1.165, 1.54) is 7.11 Å². The standard InChI is InChI=1S/C15H23F2N3O2/c1-4-8-19-15(18-2)20-9-7-11-5-6-12(21-3)13(10-11)22-14(16)17/h5-6,10,14H,4,7-9H2,1-3H3,(H2,18,19,20). The number of alkyl halides is 2. The van der Waals surface area contributed by atoms with E-state index in [1.54, 1.807) is 19.2 Å². The Morgan fingerprint density at radius 1 is 1.23 bits per heavy atom. The Bertz CT molecular complexity index is 482. The molecule has 2 N–H and O–H groups in total. The van der Waals surface area contributed by atoms with Crippen LogP contribution in [-0.2, 0) is 6.42 Å². The molecular weight excluding hydrogens is 292 g/mol. The third kappa shape index (κ3) is 6.15. The molecule has 22 heavy (non-hydrogen) atoms. The van der Waals surface area contributed by atoms with Crippen molar-refractivity contribution in [3.05, 3.63) is 23.8 Å². The molecule has 0 aromatic heterocycles. The average molecular weight is 315 g/mol. The quantitative estimate of drug-likeness (QED) is 0.571. The summed E-state index contributed by atoms with van der Waals surface area (Å²) in [6.07, 6.45) is 1.66. The lowest BCUT2D eigenvalue weighted by atomic mass is 10.1. The van der Waals surface area contributed by atoms with Crippen LogP contribution in [0, 0.1) is 0 Å². The number of nitrogens with zero attached hydrogens (tertiary/aromatic N) is 1. The number of methoxy groups -OCH3 is 1. The summed E-state index contributed by atoms with van der Waals surface area (Å²) >= 11 is 0. The lowest BCUT2D eigenvalue weighted by Crippen LogP contribution is -2.38. The van der Waals surface area contributed by atoms with E-state index >= 15 is 0 Å². The predicted octanol–water partition coefficient (Wildman–Crippen LogP) is 2.41. The Balaban J connectivity index is 2.58. The topological polar surface area (TPSA) is 54.9 Å². The van der Waals surface area contributed by atoms with Gasteiger partial charge in [0.2, 0.25) is 0 Å². The summed E-state index contributed by atoms with van der Waals surface area (Å²) in [4.78, 5) is 4.09. The molecule has 0 aliphatic heterocycles. The Labute approximate surface area is 129 Å². The van der Waals surface area contributed by atoms with E-state index in [2.05, 4.69) is 27.3 Å². The van der Waals surface area contributed by atoms with Crippen molar-refractivity contribution in [2.24, 2.45) is 4.99 Å². The molecular formula is C15H23F2N3O2. The van der Waals surface area contributed by atoms with E-state index in [1.807, 2.05) is 6.07 Å². The monoisotopic (exact) mass is 315 g/mol. The molecule has 0 saturated heterocycles. The van der Waals surface area contributed by atoms with Crippen LogP contribution in [0.15, 0.2) is 23.2 Å². The molecule has 0 bridgehead atoms. The van der Waals surface area contributed by atoms with Crippen molar-refractivity contribution in [2.45, 2.75) is 26.4 Å². The zero-order valence-electron chi connectivity index (χ0n) is 13.2. The Hall–Kier alpha value is -2.05. The molecule has 0 saturated carbocycles. The van der Waals surface area contributed by atoms with Gasteiger partial charge in [-0.1, -0.05) is 13.0 Å². The van der Waals surface area contributed by atoms with Crippen LogP contribution in [0.1, 0.15) is 18.9 Å². The number of aliphatic imine (C=N–C) groups is 1. The number of hydrogen-bond acceptors (Lipinski definition) is 3. The molecule has 0 spiro atoms. The molecule has 0 amide bonds. The molecule has 0 aliphatic rings. The summed E-state index contributed by atoms with van der Waals surface area (Å²) < 4.78 is 34.2. The average Bonchev–Trinajstić information content (AvgIpc) is 2.50. The van der Waals surface area contributed by atoms with Gasteiger partial charge in [-0.15, -0.1) is 0 Å². The highest BCUT2D eigenvalue weighted by Crippen LogP contribution is 2.29. The third-order valence-corrected chi connectivity index (χ3v) is 2.92. The van der Waals surface area contributed by atoms with Gasteiger partial charge in [-0.2, -0.15) is 8.78 Å². The number of guanidine groups is 1. The molecule has 0 fully saturated rings. The van der Waals surface area contributed by atoms with Crippen LogP contribution in [0.3, 0.4) is 0 Å². The van der Waals surface area contributed by atoms with Crippen LogP contribution in [0.4, 0.5) is 8.78 Å². The molecule has 1 aromatic rings. The second-order valence-corrected chi connectivity index (χ2v) is 4.54. The van der Waals surface area contributed by atoms with E-state index in [0.29, 0.717) is 13.0 Å². The van der Waals surface area contributed by atoms with Gasteiger partial charge in [0.25, 0.3) is 0 Å². The van der Waals surface area contributed by atoms with Gasteiger partial charge in [-0.3, -0.25) is 4.99 Å². The maximum Gasteiger partial charge on any atom is 0.387 e. The zero-order valence-corrected chi connectivity index (χ0v) is 13.2. The van der Waals surface area contributed by atoms with Crippen LogP contribution in [0.5, 0.6) is 11.5 Å². The first-order valence-corrected chi connectivity index (χ1v) is 7.17. The summed E-state index contributed by atoms with van der Waals surface area (Å²) in [5, 5.41) is 6.32. The third-order valence-electron chi connectivity index (χ3n) is 2.92. The minimum atomic E-state index is -2.88. The minimum Gasteiger partial charge on any atom is -0.493 e. The number of nitrogens with one attached hydrogen (secondary N) is 2. The number of rotatable bonds is 8. The fraction of sp³-hybridized carbons (Fsp3) is 0.533. The molecule has 1 aromatic carbocycles. The summed E-state index contributed by atoms with van der Waals surface area (Å²) in [7, 11) is 3.12. The summed E-state index contributed by atoms with van der Waals surface area (Å²) in [6, 6.07) is 5.01. The van der Waals surface area contributed by atoms with Gasteiger partial charge < -0.3 is 20.1 Å². The first kappa shape index (κ1) is 18.0. The number of ether oxygens (including phenoxy) is 2. The molecule has 7 heteroatoms. The van der Waals surface area contributed by atoms with Gasteiger partial charge in [0, 0.05) is 20.1 Å². The maximum absolute atomic E-state index is 12.4. The van der Waals surface area contributed by atoms with Crippen molar-refractivity contribution in [3.63, 3.8) is 0 Å². The Morgan fingerprint density at radius 3 is 2.55 bits per heavy atom. The normalized spacial score (nSPS) is 11.5. The van der Waals surface area contributed by atoms with E-state index in [-0.39, 0.29) is 11.5 Å². The van der Waals surface area contributed by atoms with Gasteiger partial charge in [0.1, 0.15) is 0 Å². The fourth-order valence-electron chi connectivity index (χ4n) is 1.85. The van der Waals surface area contributed by atoms with Gasteiger partial charge >= 0.3 is 6.61 Å². The highest BCUT2D eigenvalue weighted by molar-refractivity contribution is 5.79. The first-order valence-electron chi connectivity index (χ1n) is 7.17. The van der Waals surface area contributed by atoms with E-state index in [0.717, 1.165) is 24.5 Å². The number of halogens is 2. The van der Waals surface area contributed by atoms with Crippen LogP contribution in [-0.4, -0.2) is 39.8 Å². The fourth-order valence-corrected chi connectivity index (χ4v) is 1.85. The van der Waals surface area contributed by atoms with E-state index < -0.39 is 6.61 Å². The number of benzene rings is 1. The second-order valence-electron chi connectivity index (χ2n) is 4.54. The van der Waals surface area contributed by atoms with Gasteiger partial charge in [0.15, 0.2) is 17.5 Å². The smallest absolute Gasteiger partial charge is 0.387 e. The van der Waals surface area contributed by atoms with Crippen molar-refractivity contribution in [3.8, 4) is 11.5 Å². The van der Waals surface area contributed by atoms with Gasteiger partial charge in [-0.25, -0.2) is 0 Å². The van der Waals surface area contributed by atoms with Crippen LogP contribution in [0.2, 0.25) is 0 Å². The lowest BCUT2D eigenvalue weighted by molar-refractivity contribution is -0.0512. The number of hydrogen-bond donors (Lipinski definition) is 2. The molecule has 0 aliphatic carbocycles. The van der Waals surface area contributed by atoms with Crippen LogP contribution >= 0.6 is 0 Å². The van der Waals surface area contributed by atoms with E-state index in [9.17, 15) is 8.78 Å². The van der Waals surface area contributed by atoms with Crippen LogP contribution < -0.4 is 20.1 Å². The molecule has 0 unspecified atom stereocenters. The van der Waals surface area contributed by atoms with Crippen molar-refractivity contribution < 1.29 is 18.3 Å². The maximum atomic E-state index is 12.4. The lowest BCUT2D eigenvalue weighted by Gasteiger charge is -2.13. The van der Waals surface area contributed by atoms with Crippen molar-refractivity contribution in [1.29, 1.82) is 0 Å². The molecule has 124 valence electrons. The summed E-state index contributed by atoms with van der Waals surface area (Å²) in [5.74, 6) is 1.06. The summed E-state index contributed by atoms with van der Waals surface area (Å²) in [5.41, 5.74) is 0.870. The van der Waals surface area contributed by atoms with Crippen molar-refractivity contribution in [1.82, 2.24) is 10.6 Å². The van der Waals surface area contributed by atoms with Crippen molar-refractivity contribution >= 4 is 5.96 Å². The highest BCUT2D eigenvalue weighted by atomic mass is 19.3. The molecule has 1 rings (SSSR count). The largest absolute Gasteiger partial charge is 0.493 e. The Morgan fingerprint density at radius 2 is 1.95 bits per heavy atom. The van der Waals surface area contributed by atoms with E-state index in [4.69, 9.17) is 4.74 Å². The molecule has 0 atom stereocenters. The van der Waals surface area contributed by atoms with Gasteiger partial charge in [-0.05, 0) is 30.5 Å². The Kier molecular flexibility index (Phi) is 8.03. The molecule has 0 heterocycles. The summed E-state index contributed by atoms with van der Waals surface area (Å²) in [6.45, 7) is 0.667.